The van der Waals surface area contributed by atoms with Crippen LogP contribution in [0.25, 0.3) is 10.6 Å². The summed E-state index contributed by atoms with van der Waals surface area (Å²) in [4.78, 5) is 25.6. The molecule has 0 spiro atoms. The third-order valence-electron chi connectivity index (χ3n) is 6.92. The fraction of sp³-hybridized carbons (Fsp3) is 0.571. The first-order valence-corrected chi connectivity index (χ1v) is 10.8. The normalized spacial score (nSPS) is 32.4. The van der Waals surface area contributed by atoms with E-state index in [-0.39, 0.29) is 11.3 Å². The maximum Gasteiger partial charge on any atom is 0.266 e. The third kappa shape index (κ3) is 2.64. The highest BCUT2D eigenvalue weighted by molar-refractivity contribution is 7.17. The van der Waals surface area contributed by atoms with Crippen molar-refractivity contribution < 1.29 is 4.79 Å². The third-order valence-corrected chi connectivity index (χ3v) is 8.11. The van der Waals surface area contributed by atoms with E-state index in [0.29, 0.717) is 18.1 Å². The number of carbonyl (C=O) groups is 1. The molecule has 1 aliphatic carbocycles. The molecule has 0 aromatic carbocycles. The smallest absolute Gasteiger partial charge is 0.266 e. The minimum absolute atomic E-state index is 0.184. The molecule has 0 radical (unpaired) electrons. The minimum atomic E-state index is 0.184. The lowest BCUT2D eigenvalue weighted by Crippen LogP contribution is -2.51. The Morgan fingerprint density at radius 3 is 3.04 bits per heavy atom. The topological polar surface area (TPSA) is 58.1 Å². The molecule has 2 saturated heterocycles. The van der Waals surface area contributed by atoms with E-state index < -0.39 is 0 Å². The van der Waals surface area contributed by atoms with E-state index in [0.717, 1.165) is 40.5 Å². The van der Waals surface area contributed by atoms with Gasteiger partial charge in [-0.3, -0.25) is 9.78 Å². The van der Waals surface area contributed by atoms with E-state index in [1.165, 1.54) is 30.6 Å². The monoisotopic (exact) mass is 382 g/mol. The second-order valence-electron chi connectivity index (χ2n) is 8.51. The predicted octanol–water partition coefficient (Wildman–Crippen LogP) is 3.65. The maximum absolute atomic E-state index is 13.7. The molecule has 4 atom stereocenters. The van der Waals surface area contributed by atoms with Crippen LogP contribution >= 0.6 is 11.3 Å². The van der Waals surface area contributed by atoms with Crippen LogP contribution in [0, 0.1) is 12.3 Å². The Kier molecular flexibility index (Phi) is 4.09. The predicted molar refractivity (Wildman–Crippen MR) is 107 cm³/mol. The zero-order valence-corrected chi connectivity index (χ0v) is 16.8. The van der Waals surface area contributed by atoms with E-state index in [2.05, 4.69) is 27.1 Å². The molecule has 6 heteroatoms. The van der Waals surface area contributed by atoms with Gasteiger partial charge in [0.05, 0.1) is 5.69 Å². The lowest BCUT2D eigenvalue weighted by atomic mass is 9.72. The van der Waals surface area contributed by atoms with Crippen molar-refractivity contribution in [3.05, 3.63) is 35.1 Å². The molecular weight excluding hydrogens is 356 g/mol. The van der Waals surface area contributed by atoms with Gasteiger partial charge < -0.3 is 10.2 Å². The molecule has 2 aromatic rings. The Hall–Kier alpha value is -1.79. The SMILES string of the molecule is Cc1nc(-c2cccnc2)sc1C(=O)N1[C@@H]2CN[C@@H]3CCCC[C@H]1[C@]3(C)C2. The number of carbonyl (C=O) groups excluding carboxylic acids is 1. The van der Waals surface area contributed by atoms with E-state index in [1.807, 2.05) is 25.3 Å². The van der Waals surface area contributed by atoms with Crippen molar-refractivity contribution in [1.29, 1.82) is 0 Å². The van der Waals surface area contributed by atoms with Crippen LogP contribution in [0.3, 0.4) is 0 Å². The number of amides is 1. The largest absolute Gasteiger partial charge is 0.330 e. The molecule has 142 valence electrons. The first kappa shape index (κ1) is 17.3. The molecule has 1 amide bonds. The van der Waals surface area contributed by atoms with Crippen LogP contribution in [-0.4, -0.2) is 45.4 Å². The number of thiazole rings is 1. The van der Waals surface area contributed by atoms with Crippen LogP contribution in [-0.2, 0) is 0 Å². The Balaban J connectivity index is 1.50. The number of fused-ring (bicyclic) bond motifs is 1. The van der Waals surface area contributed by atoms with Gasteiger partial charge in [-0.25, -0.2) is 4.98 Å². The van der Waals surface area contributed by atoms with Gasteiger partial charge in [0.1, 0.15) is 9.88 Å². The van der Waals surface area contributed by atoms with E-state index in [9.17, 15) is 4.79 Å². The van der Waals surface area contributed by atoms with E-state index in [4.69, 9.17) is 0 Å². The molecule has 5 rings (SSSR count). The number of pyridine rings is 1. The van der Waals surface area contributed by atoms with Gasteiger partial charge in [0.2, 0.25) is 0 Å². The number of nitrogens with one attached hydrogen (secondary N) is 1. The van der Waals surface area contributed by atoms with E-state index in [1.54, 1.807) is 6.20 Å². The van der Waals surface area contributed by atoms with Crippen molar-refractivity contribution in [3.63, 3.8) is 0 Å². The molecule has 4 heterocycles. The molecule has 2 aliphatic heterocycles. The molecule has 2 bridgehead atoms. The number of hydrogen-bond donors (Lipinski definition) is 1. The van der Waals surface area contributed by atoms with Gasteiger partial charge in [-0.1, -0.05) is 19.8 Å². The molecular formula is C21H26N4OS. The van der Waals surface area contributed by atoms with Crippen molar-refractivity contribution in [2.45, 2.75) is 64.1 Å². The van der Waals surface area contributed by atoms with Gasteiger partial charge in [0.25, 0.3) is 5.91 Å². The quantitative estimate of drug-likeness (QED) is 0.861. The maximum atomic E-state index is 13.7. The summed E-state index contributed by atoms with van der Waals surface area (Å²) < 4.78 is 0. The molecule has 1 N–H and O–H groups in total. The number of hydrogen-bond acceptors (Lipinski definition) is 5. The summed E-state index contributed by atoms with van der Waals surface area (Å²) in [5, 5.41) is 4.64. The number of piperidine rings is 1. The average Bonchev–Trinajstić information content (AvgIpc) is 3.11. The molecule has 27 heavy (non-hydrogen) atoms. The fourth-order valence-electron chi connectivity index (χ4n) is 5.59. The molecule has 3 aliphatic rings. The number of aryl methyl sites for hydroxylation is 1. The van der Waals surface area contributed by atoms with Crippen LogP contribution in [0.2, 0.25) is 0 Å². The van der Waals surface area contributed by atoms with Gasteiger partial charge in [-0.15, -0.1) is 11.3 Å². The first-order chi connectivity index (χ1) is 13.1. The first-order valence-electron chi connectivity index (χ1n) is 10.0. The van der Waals surface area contributed by atoms with Gasteiger partial charge in [-0.2, -0.15) is 0 Å². The molecule has 3 fully saturated rings. The summed E-state index contributed by atoms with van der Waals surface area (Å²) in [6.07, 6.45) is 9.57. The van der Waals surface area contributed by atoms with Crippen molar-refractivity contribution in [3.8, 4) is 10.6 Å². The van der Waals surface area contributed by atoms with Crippen LogP contribution in [0.15, 0.2) is 24.5 Å². The molecule has 2 aromatic heterocycles. The zero-order valence-electron chi connectivity index (χ0n) is 15.9. The lowest BCUT2D eigenvalue weighted by molar-refractivity contribution is 0.0633. The summed E-state index contributed by atoms with van der Waals surface area (Å²) in [6.45, 7) is 5.29. The Morgan fingerprint density at radius 2 is 2.22 bits per heavy atom. The second kappa shape index (κ2) is 6.38. The summed E-state index contributed by atoms with van der Waals surface area (Å²) in [5.41, 5.74) is 2.03. The van der Waals surface area contributed by atoms with Gasteiger partial charge in [0, 0.05) is 48.0 Å². The number of rotatable bonds is 2. The van der Waals surface area contributed by atoms with E-state index >= 15 is 0 Å². The van der Waals surface area contributed by atoms with Crippen molar-refractivity contribution in [2.24, 2.45) is 5.41 Å². The minimum Gasteiger partial charge on any atom is -0.330 e. The van der Waals surface area contributed by atoms with Gasteiger partial charge >= 0.3 is 0 Å². The highest BCUT2D eigenvalue weighted by Crippen LogP contribution is 2.51. The molecule has 0 unspecified atom stereocenters. The van der Waals surface area contributed by atoms with Gasteiger partial charge in [0.15, 0.2) is 0 Å². The molecule has 5 nitrogen and oxygen atoms in total. The Morgan fingerprint density at radius 1 is 1.37 bits per heavy atom. The summed E-state index contributed by atoms with van der Waals surface area (Å²) >= 11 is 1.51. The Bertz CT molecular complexity index is 866. The fourth-order valence-corrected chi connectivity index (χ4v) is 6.59. The highest BCUT2D eigenvalue weighted by atomic mass is 32.1. The van der Waals surface area contributed by atoms with Crippen LogP contribution in [0.5, 0.6) is 0 Å². The average molecular weight is 383 g/mol. The van der Waals surface area contributed by atoms with Gasteiger partial charge in [-0.05, 0) is 38.3 Å². The lowest BCUT2D eigenvalue weighted by Gasteiger charge is -2.39. The Labute approximate surface area is 164 Å². The number of likely N-dealkylation sites (tertiary alicyclic amines) is 1. The van der Waals surface area contributed by atoms with Crippen LogP contribution in [0.4, 0.5) is 0 Å². The number of aromatic nitrogens is 2. The van der Waals surface area contributed by atoms with Crippen molar-refractivity contribution in [2.75, 3.05) is 6.54 Å². The number of nitrogens with zero attached hydrogens (tertiary/aromatic N) is 3. The highest BCUT2D eigenvalue weighted by Gasteiger charge is 2.57. The van der Waals surface area contributed by atoms with Crippen molar-refractivity contribution in [1.82, 2.24) is 20.2 Å². The molecule has 1 saturated carbocycles. The zero-order chi connectivity index (χ0) is 18.6. The summed E-state index contributed by atoms with van der Waals surface area (Å²) in [7, 11) is 0. The summed E-state index contributed by atoms with van der Waals surface area (Å²) in [5.74, 6) is 0.184. The van der Waals surface area contributed by atoms with Crippen LogP contribution < -0.4 is 5.32 Å². The van der Waals surface area contributed by atoms with Crippen molar-refractivity contribution >= 4 is 17.2 Å². The second-order valence-corrected chi connectivity index (χ2v) is 9.51. The standard InChI is InChI=1S/C21H26N4OS/c1-13-18(27-19(24-13)14-6-5-9-22-11-14)20(26)25-15-10-21(2)16(23-12-15)7-3-4-8-17(21)25/h5-6,9,11,15-17,23H,3-4,7-8,10,12H2,1-2H3/t15-,16+,17-,21+/m0/s1. The summed E-state index contributed by atoms with van der Waals surface area (Å²) in [6, 6.07) is 5.12. The van der Waals surface area contributed by atoms with Crippen LogP contribution in [0.1, 0.15) is 54.4 Å².